The number of carbonyl (C=O) groups excluding carboxylic acids is 1. The fraction of sp³-hybridized carbons (Fsp3) is 0.571. The lowest BCUT2D eigenvalue weighted by atomic mass is 10.1. The lowest BCUT2D eigenvalue weighted by molar-refractivity contribution is 0.231. The van der Waals surface area contributed by atoms with Gasteiger partial charge >= 0.3 is 6.03 Å². The van der Waals surface area contributed by atoms with Crippen LogP contribution in [-0.4, -0.2) is 29.7 Å². The van der Waals surface area contributed by atoms with Crippen molar-refractivity contribution in [3.8, 4) is 0 Å². The van der Waals surface area contributed by atoms with Gasteiger partial charge in [-0.15, -0.1) is 0 Å². The van der Waals surface area contributed by atoms with Crippen LogP contribution in [0.4, 0.5) is 4.79 Å². The number of nitrogens with two attached hydrogens (primary N) is 1. The normalized spacial score (nSPS) is 14.3. The Labute approximate surface area is 116 Å². The molecule has 0 rings (SSSR count). The number of nitrogens with zero attached hydrogens (tertiary/aromatic N) is 2. The van der Waals surface area contributed by atoms with E-state index >= 15 is 0 Å². The fourth-order valence-corrected chi connectivity index (χ4v) is 1.20. The second-order valence-electron chi connectivity index (χ2n) is 5.08. The van der Waals surface area contributed by atoms with E-state index in [1.807, 2.05) is 13.8 Å². The van der Waals surface area contributed by atoms with Gasteiger partial charge in [-0.25, -0.2) is 9.79 Å². The fourth-order valence-electron chi connectivity index (χ4n) is 1.20. The van der Waals surface area contributed by atoms with Crippen LogP contribution < -0.4 is 11.1 Å². The Balaban J connectivity index is 4.72. The number of hydrogen-bond acceptors (Lipinski definition) is 3. The lowest BCUT2D eigenvalue weighted by Crippen LogP contribution is -2.29. The van der Waals surface area contributed by atoms with Crippen molar-refractivity contribution in [2.75, 3.05) is 7.05 Å². The number of rotatable bonds is 6. The molecule has 3 N–H and O–H groups in total. The summed E-state index contributed by atoms with van der Waals surface area (Å²) in [5, 5.41) is 3.23. The van der Waals surface area contributed by atoms with E-state index in [-0.39, 0.29) is 0 Å². The van der Waals surface area contributed by atoms with Crippen LogP contribution in [0.15, 0.2) is 29.2 Å². The minimum Gasteiger partial charge on any atom is -0.368 e. The summed E-state index contributed by atoms with van der Waals surface area (Å²) in [5.74, 6) is 1.12. The van der Waals surface area contributed by atoms with Gasteiger partial charge in [0.1, 0.15) is 5.82 Å². The van der Waals surface area contributed by atoms with Crippen molar-refractivity contribution in [2.45, 2.75) is 40.7 Å². The number of carbonyl (C=O) groups is 1. The molecular formula is C14H26N4O. The lowest BCUT2D eigenvalue weighted by Gasteiger charge is -2.18. The van der Waals surface area contributed by atoms with E-state index in [1.165, 1.54) is 4.90 Å². The predicted octanol–water partition coefficient (Wildman–Crippen LogP) is 2.47. The van der Waals surface area contributed by atoms with E-state index in [4.69, 9.17) is 5.73 Å². The molecule has 0 aliphatic heterocycles. The van der Waals surface area contributed by atoms with Gasteiger partial charge < -0.3 is 16.0 Å². The van der Waals surface area contributed by atoms with E-state index in [2.05, 4.69) is 37.7 Å². The number of nitrogens with one attached hydrogen (secondary N) is 1. The van der Waals surface area contributed by atoms with Crippen LogP contribution >= 0.6 is 0 Å². The number of allylic oxidation sites excluding steroid dienone is 1. The van der Waals surface area contributed by atoms with Gasteiger partial charge in [0.25, 0.3) is 0 Å². The highest BCUT2D eigenvalue weighted by atomic mass is 16.2. The molecule has 0 aromatic heterocycles. The van der Waals surface area contributed by atoms with Gasteiger partial charge in [-0.2, -0.15) is 0 Å². The summed E-state index contributed by atoms with van der Waals surface area (Å²) < 4.78 is 0. The van der Waals surface area contributed by atoms with Gasteiger partial charge in [0.15, 0.2) is 0 Å². The zero-order chi connectivity index (χ0) is 15.2. The standard InChI is InChI=1S/C14H26N4O/c1-9(2)11(4)16-13(6)17-12(5)10(3)8-18(7)14(15)19/h8-9,11,16H,6H2,1-5,7H3,(H2,15,19)/b10-8+,17-12?. The Bertz CT molecular complexity index is 396. The number of amides is 2. The number of aliphatic imine (C=N–C) groups is 1. The summed E-state index contributed by atoms with van der Waals surface area (Å²) in [7, 11) is 1.60. The summed E-state index contributed by atoms with van der Waals surface area (Å²) in [6.45, 7) is 14.0. The Kier molecular flexibility index (Phi) is 6.90. The van der Waals surface area contributed by atoms with Crippen LogP contribution in [0.5, 0.6) is 0 Å². The van der Waals surface area contributed by atoms with Crippen molar-refractivity contribution in [1.29, 1.82) is 0 Å². The van der Waals surface area contributed by atoms with Gasteiger partial charge in [-0.3, -0.25) is 0 Å². The van der Waals surface area contributed by atoms with Crippen molar-refractivity contribution in [2.24, 2.45) is 16.6 Å². The van der Waals surface area contributed by atoms with Gasteiger partial charge in [-0.05, 0) is 32.3 Å². The molecule has 2 amide bonds. The number of hydrogen-bond donors (Lipinski definition) is 2. The average molecular weight is 266 g/mol. The minimum absolute atomic E-state index is 0.307. The van der Waals surface area contributed by atoms with Crippen molar-refractivity contribution in [1.82, 2.24) is 10.2 Å². The third kappa shape index (κ3) is 6.64. The van der Waals surface area contributed by atoms with E-state index in [9.17, 15) is 4.79 Å². The van der Waals surface area contributed by atoms with Gasteiger partial charge in [0.2, 0.25) is 0 Å². The largest absolute Gasteiger partial charge is 0.368 e. The topological polar surface area (TPSA) is 70.7 Å². The molecule has 0 aromatic rings. The molecule has 19 heavy (non-hydrogen) atoms. The summed E-state index contributed by atoms with van der Waals surface area (Å²) in [6, 6.07) is -0.195. The number of urea groups is 1. The zero-order valence-corrected chi connectivity index (χ0v) is 12.8. The summed E-state index contributed by atoms with van der Waals surface area (Å²) in [6.07, 6.45) is 1.65. The predicted molar refractivity (Wildman–Crippen MR) is 80.8 cm³/mol. The Morgan fingerprint density at radius 3 is 2.32 bits per heavy atom. The van der Waals surface area contributed by atoms with Gasteiger partial charge in [0.05, 0.1) is 0 Å². The summed E-state index contributed by atoms with van der Waals surface area (Å²) in [5.41, 5.74) is 6.81. The van der Waals surface area contributed by atoms with E-state index in [0.29, 0.717) is 17.8 Å². The number of primary amides is 1. The van der Waals surface area contributed by atoms with Crippen LogP contribution in [0.1, 0.15) is 34.6 Å². The van der Waals surface area contributed by atoms with Crippen LogP contribution in [0, 0.1) is 5.92 Å². The Hall–Kier alpha value is -1.78. The molecule has 0 fully saturated rings. The third-order valence-corrected chi connectivity index (χ3v) is 3.00. The first-order valence-corrected chi connectivity index (χ1v) is 6.37. The minimum atomic E-state index is -0.502. The molecule has 0 aromatic carbocycles. The van der Waals surface area contributed by atoms with Gasteiger partial charge in [0, 0.05) is 25.0 Å². The maximum absolute atomic E-state index is 10.9. The highest BCUT2D eigenvalue weighted by Crippen LogP contribution is 2.05. The highest BCUT2D eigenvalue weighted by Gasteiger charge is 2.07. The highest BCUT2D eigenvalue weighted by molar-refractivity contribution is 5.98. The molecule has 0 aliphatic rings. The van der Waals surface area contributed by atoms with Crippen molar-refractivity contribution in [3.63, 3.8) is 0 Å². The Morgan fingerprint density at radius 2 is 1.89 bits per heavy atom. The van der Waals surface area contributed by atoms with E-state index in [0.717, 1.165) is 11.3 Å². The molecular weight excluding hydrogens is 240 g/mol. The average Bonchev–Trinajstić information content (AvgIpc) is 2.27. The molecule has 0 bridgehead atoms. The molecule has 0 aliphatic carbocycles. The SMILES string of the molecule is C=C(N=C(C)/C(C)=C/N(C)C(N)=O)NC(C)C(C)C. The molecule has 0 radical (unpaired) electrons. The zero-order valence-electron chi connectivity index (χ0n) is 12.8. The first kappa shape index (κ1) is 17.2. The molecule has 1 unspecified atom stereocenters. The smallest absolute Gasteiger partial charge is 0.318 e. The molecule has 5 heteroatoms. The van der Waals surface area contributed by atoms with Crippen molar-refractivity contribution < 1.29 is 4.79 Å². The molecule has 0 saturated carbocycles. The van der Waals surface area contributed by atoms with E-state index in [1.54, 1.807) is 13.2 Å². The monoisotopic (exact) mass is 266 g/mol. The van der Waals surface area contributed by atoms with Crippen molar-refractivity contribution >= 4 is 11.7 Å². The van der Waals surface area contributed by atoms with Crippen LogP contribution in [0.25, 0.3) is 0 Å². The molecule has 0 heterocycles. The second-order valence-corrected chi connectivity index (χ2v) is 5.08. The van der Waals surface area contributed by atoms with Gasteiger partial charge in [-0.1, -0.05) is 20.4 Å². The Morgan fingerprint density at radius 1 is 1.37 bits per heavy atom. The summed E-state index contributed by atoms with van der Waals surface area (Å²) in [4.78, 5) is 16.6. The third-order valence-electron chi connectivity index (χ3n) is 3.00. The molecule has 5 nitrogen and oxygen atoms in total. The quantitative estimate of drug-likeness (QED) is 0.725. The molecule has 0 saturated heterocycles. The summed E-state index contributed by atoms with van der Waals surface area (Å²) >= 11 is 0. The molecule has 0 spiro atoms. The first-order valence-electron chi connectivity index (χ1n) is 6.37. The van der Waals surface area contributed by atoms with Crippen LogP contribution in [0.3, 0.4) is 0 Å². The maximum atomic E-state index is 10.9. The first-order chi connectivity index (χ1) is 8.65. The maximum Gasteiger partial charge on any atom is 0.318 e. The van der Waals surface area contributed by atoms with Crippen LogP contribution in [-0.2, 0) is 0 Å². The molecule has 108 valence electrons. The van der Waals surface area contributed by atoms with Crippen molar-refractivity contribution in [3.05, 3.63) is 24.2 Å². The van der Waals surface area contributed by atoms with E-state index < -0.39 is 6.03 Å². The van der Waals surface area contributed by atoms with Crippen LogP contribution in [0.2, 0.25) is 0 Å². The second kappa shape index (κ2) is 7.61. The molecule has 1 atom stereocenters.